The van der Waals surface area contributed by atoms with Crippen LogP contribution >= 0.6 is 0 Å². The Morgan fingerprint density at radius 3 is 2.41 bits per heavy atom. The van der Waals surface area contributed by atoms with Crippen LogP contribution < -0.4 is 0 Å². The van der Waals surface area contributed by atoms with Gasteiger partial charge in [0.25, 0.3) is 0 Å². The van der Waals surface area contributed by atoms with E-state index >= 15 is 0 Å². The molecular weight excluding hydrogens is 208 g/mol. The molecule has 0 N–H and O–H groups in total. The Bertz CT molecular complexity index is 393. The van der Waals surface area contributed by atoms with Gasteiger partial charge < -0.3 is 0 Å². The molecule has 1 heteroatoms. The van der Waals surface area contributed by atoms with Gasteiger partial charge in [0.2, 0.25) is 0 Å². The molecule has 1 aromatic carbocycles. The summed E-state index contributed by atoms with van der Waals surface area (Å²) in [6.07, 6.45) is 2.92. The summed E-state index contributed by atoms with van der Waals surface area (Å²) in [4.78, 5) is 12.6. The van der Waals surface area contributed by atoms with E-state index in [1.165, 1.54) is 12.0 Å². The minimum atomic E-state index is -0.228. The van der Waals surface area contributed by atoms with Crippen LogP contribution in [0.25, 0.3) is 0 Å². The topological polar surface area (TPSA) is 17.1 Å². The molecule has 2 rings (SSSR count). The standard InChI is InChI=1S/C16H22O/c1-12(2)16(14-7-5-4-6-8-14)10-9-13(3)11-15(16)17/h4-8,12-13H,9-11H2,1-3H3. The second-order valence-corrected chi connectivity index (χ2v) is 5.76. The summed E-state index contributed by atoms with van der Waals surface area (Å²) < 4.78 is 0. The van der Waals surface area contributed by atoms with Crippen molar-refractivity contribution < 1.29 is 4.79 Å². The summed E-state index contributed by atoms with van der Waals surface area (Å²) in [5, 5.41) is 0. The molecule has 1 aliphatic carbocycles. The van der Waals surface area contributed by atoms with E-state index in [0.29, 0.717) is 17.6 Å². The third kappa shape index (κ3) is 2.03. The highest BCUT2D eigenvalue weighted by Crippen LogP contribution is 2.44. The fourth-order valence-electron chi connectivity index (χ4n) is 3.20. The van der Waals surface area contributed by atoms with Gasteiger partial charge in [0.1, 0.15) is 5.78 Å². The lowest BCUT2D eigenvalue weighted by Gasteiger charge is -2.41. The van der Waals surface area contributed by atoms with Crippen LogP contribution in [-0.2, 0) is 10.2 Å². The first-order valence-electron chi connectivity index (χ1n) is 6.66. The van der Waals surface area contributed by atoms with Gasteiger partial charge in [-0.05, 0) is 30.2 Å². The van der Waals surface area contributed by atoms with Crippen LogP contribution in [0.1, 0.15) is 45.6 Å². The van der Waals surface area contributed by atoms with Crippen LogP contribution in [0.5, 0.6) is 0 Å². The van der Waals surface area contributed by atoms with Gasteiger partial charge in [0.05, 0.1) is 5.41 Å². The molecule has 0 heterocycles. The number of benzene rings is 1. The number of rotatable bonds is 2. The Hall–Kier alpha value is -1.11. The Kier molecular flexibility index (Phi) is 3.37. The van der Waals surface area contributed by atoms with Crippen molar-refractivity contribution in [3.8, 4) is 0 Å². The second-order valence-electron chi connectivity index (χ2n) is 5.76. The van der Waals surface area contributed by atoms with Crippen LogP contribution in [0.4, 0.5) is 0 Å². The molecule has 1 fully saturated rings. The number of Topliss-reactive ketones (excluding diaryl/α,β-unsaturated/α-hetero) is 1. The first-order chi connectivity index (χ1) is 8.07. The average Bonchev–Trinajstić information content (AvgIpc) is 2.30. The van der Waals surface area contributed by atoms with Crippen molar-refractivity contribution in [3.05, 3.63) is 35.9 Å². The molecule has 1 aromatic rings. The molecule has 92 valence electrons. The smallest absolute Gasteiger partial charge is 0.143 e. The molecule has 2 unspecified atom stereocenters. The van der Waals surface area contributed by atoms with E-state index in [1.807, 2.05) is 18.2 Å². The fourth-order valence-corrected chi connectivity index (χ4v) is 3.20. The maximum atomic E-state index is 12.6. The van der Waals surface area contributed by atoms with E-state index in [-0.39, 0.29) is 5.41 Å². The van der Waals surface area contributed by atoms with Gasteiger partial charge in [-0.2, -0.15) is 0 Å². The zero-order valence-corrected chi connectivity index (χ0v) is 11.1. The van der Waals surface area contributed by atoms with E-state index in [4.69, 9.17) is 0 Å². The van der Waals surface area contributed by atoms with Crippen molar-refractivity contribution in [1.82, 2.24) is 0 Å². The third-order valence-electron chi connectivity index (χ3n) is 4.34. The lowest BCUT2D eigenvalue weighted by molar-refractivity contribution is -0.129. The highest BCUT2D eigenvalue weighted by Gasteiger charge is 2.45. The quantitative estimate of drug-likeness (QED) is 0.751. The van der Waals surface area contributed by atoms with Crippen molar-refractivity contribution in [2.75, 3.05) is 0 Å². The summed E-state index contributed by atoms with van der Waals surface area (Å²) in [6, 6.07) is 10.4. The summed E-state index contributed by atoms with van der Waals surface area (Å²) in [7, 11) is 0. The number of carbonyl (C=O) groups excluding carboxylic acids is 1. The normalized spacial score (nSPS) is 29.6. The summed E-state index contributed by atoms with van der Waals surface area (Å²) in [5.74, 6) is 1.38. The molecule has 1 saturated carbocycles. The van der Waals surface area contributed by atoms with E-state index in [9.17, 15) is 4.79 Å². The predicted molar refractivity (Wildman–Crippen MR) is 71.0 cm³/mol. The highest BCUT2D eigenvalue weighted by atomic mass is 16.1. The maximum absolute atomic E-state index is 12.6. The lowest BCUT2D eigenvalue weighted by Crippen LogP contribution is -2.44. The van der Waals surface area contributed by atoms with Crippen molar-refractivity contribution in [2.45, 2.75) is 45.4 Å². The number of carbonyl (C=O) groups is 1. The minimum Gasteiger partial charge on any atom is -0.299 e. The zero-order chi connectivity index (χ0) is 12.5. The Morgan fingerprint density at radius 2 is 1.88 bits per heavy atom. The van der Waals surface area contributed by atoms with Gasteiger partial charge in [-0.15, -0.1) is 0 Å². The molecule has 2 atom stereocenters. The molecule has 1 nitrogen and oxygen atoms in total. The second kappa shape index (κ2) is 4.64. The molecule has 0 amide bonds. The molecule has 1 aliphatic rings. The molecular formula is C16H22O. The van der Waals surface area contributed by atoms with Crippen molar-refractivity contribution in [1.29, 1.82) is 0 Å². The summed E-state index contributed by atoms with van der Waals surface area (Å²) >= 11 is 0. The van der Waals surface area contributed by atoms with Gasteiger partial charge in [0.15, 0.2) is 0 Å². The number of hydrogen-bond donors (Lipinski definition) is 0. The van der Waals surface area contributed by atoms with Crippen LogP contribution in [-0.4, -0.2) is 5.78 Å². The van der Waals surface area contributed by atoms with Crippen molar-refractivity contribution >= 4 is 5.78 Å². The molecule has 0 bridgehead atoms. The highest BCUT2D eigenvalue weighted by molar-refractivity contribution is 5.91. The molecule has 17 heavy (non-hydrogen) atoms. The monoisotopic (exact) mass is 230 g/mol. The molecule has 0 radical (unpaired) electrons. The molecule has 0 spiro atoms. The molecule has 0 saturated heterocycles. The van der Waals surface area contributed by atoms with E-state index in [1.54, 1.807) is 0 Å². The predicted octanol–water partition coefficient (Wildman–Crippen LogP) is 3.97. The SMILES string of the molecule is CC1CCC(c2ccccc2)(C(C)C)C(=O)C1. The Morgan fingerprint density at radius 1 is 1.24 bits per heavy atom. The van der Waals surface area contributed by atoms with E-state index in [2.05, 4.69) is 32.9 Å². The summed E-state index contributed by atoms with van der Waals surface area (Å²) in [6.45, 7) is 6.55. The van der Waals surface area contributed by atoms with Crippen molar-refractivity contribution in [2.24, 2.45) is 11.8 Å². The average molecular weight is 230 g/mol. The van der Waals surface area contributed by atoms with Crippen LogP contribution in [0.2, 0.25) is 0 Å². The lowest BCUT2D eigenvalue weighted by atomic mass is 9.60. The van der Waals surface area contributed by atoms with Crippen molar-refractivity contribution in [3.63, 3.8) is 0 Å². The molecule has 0 aromatic heterocycles. The number of ketones is 1. The van der Waals surface area contributed by atoms with Crippen LogP contribution in [0.15, 0.2) is 30.3 Å². The van der Waals surface area contributed by atoms with Gasteiger partial charge in [0, 0.05) is 6.42 Å². The first kappa shape index (κ1) is 12.3. The van der Waals surface area contributed by atoms with Gasteiger partial charge in [-0.1, -0.05) is 51.1 Å². The Labute approximate surface area is 104 Å². The number of hydrogen-bond acceptors (Lipinski definition) is 1. The van der Waals surface area contributed by atoms with Gasteiger partial charge >= 0.3 is 0 Å². The third-order valence-corrected chi connectivity index (χ3v) is 4.34. The van der Waals surface area contributed by atoms with Crippen LogP contribution in [0.3, 0.4) is 0 Å². The zero-order valence-electron chi connectivity index (χ0n) is 11.1. The molecule has 0 aliphatic heterocycles. The fraction of sp³-hybridized carbons (Fsp3) is 0.562. The van der Waals surface area contributed by atoms with Gasteiger partial charge in [-0.3, -0.25) is 4.79 Å². The summed E-state index contributed by atoms with van der Waals surface area (Å²) in [5.41, 5.74) is 0.986. The van der Waals surface area contributed by atoms with E-state index < -0.39 is 0 Å². The minimum absolute atomic E-state index is 0.228. The van der Waals surface area contributed by atoms with Crippen LogP contribution in [0, 0.1) is 11.8 Å². The largest absolute Gasteiger partial charge is 0.299 e. The van der Waals surface area contributed by atoms with E-state index in [0.717, 1.165) is 12.8 Å². The first-order valence-corrected chi connectivity index (χ1v) is 6.66. The van der Waals surface area contributed by atoms with Gasteiger partial charge in [-0.25, -0.2) is 0 Å². The Balaban J connectivity index is 2.44. The maximum Gasteiger partial charge on any atom is 0.143 e.